The number of anilines is 1. The summed E-state index contributed by atoms with van der Waals surface area (Å²) in [4.78, 5) is 41.5. The van der Waals surface area contributed by atoms with Crippen LogP contribution in [0.3, 0.4) is 0 Å². The molecule has 3 amide bonds. The van der Waals surface area contributed by atoms with Gasteiger partial charge in [0, 0.05) is 36.3 Å². The van der Waals surface area contributed by atoms with Crippen LogP contribution in [0.5, 0.6) is 0 Å². The van der Waals surface area contributed by atoms with Crippen LogP contribution in [0, 0.1) is 0 Å². The first kappa shape index (κ1) is 19.7. The normalized spacial score (nSPS) is 15.8. The summed E-state index contributed by atoms with van der Waals surface area (Å²) in [5.41, 5.74) is 6.21. The van der Waals surface area contributed by atoms with Crippen LogP contribution in [0.1, 0.15) is 31.8 Å². The Balaban J connectivity index is 1.33. The Labute approximate surface area is 185 Å². The van der Waals surface area contributed by atoms with Crippen LogP contribution in [0.15, 0.2) is 84.0 Å². The quantitative estimate of drug-likeness (QED) is 0.640. The minimum Gasteiger partial charge on any atom is -0.332 e. The molecule has 7 nitrogen and oxygen atoms in total. The lowest BCUT2D eigenvalue weighted by atomic mass is 10.1. The van der Waals surface area contributed by atoms with Crippen LogP contribution in [0.4, 0.5) is 5.69 Å². The lowest BCUT2D eigenvalue weighted by Gasteiger charge is -2.21. The van der Waals surface area contributed by atoms with E-state index in [1.165, 1.54) is 0 Å². The second-order valence-electron chi connectivity index (χ2n) is 7.63. The van der Waals surface area contributed by atoms with Crippen molar-refractivity contribution < 1.29 is 14.4 Å². The highest BCUT2D eigenvalue weighted by molar-refractivity contribution is 6.54. The Hall–Kier alpha value is -4.26. The molecule has 0 saturated carbocycles. The number of hydrogen-bond acceptors (Lipinski definition) is 4. The topological polar surface area (TPSA) is 82.1 Å². The number of carbonyl (C=O) groups is 3. The van der Waals surface area contributed by atoms with Crippen molar-refractivity contribution in [2.75, 3.05) is 18.0 Å². The van der Waals surface area contributed by atoms with Gasteiger partial charge < -0.3 is 9.80 Å². The van der Waals surface area contributed by atoms with Gasteiger partial charge >= 0.3 is 0 Å². The Morgan fingerprint density at radius 1 is 0.812 bits per heavy atom. The zero-order chi connectivity index (χ0) is 22.1. The van der Waals surface area contributed by atoms with E-state index in [-0.39, 0.29) is 23.4 Å². The molecular weight excluding hydrogens is 404 g/mol. The molecule has 7 heteroatoms. The zero-order valence-electron chi connectivity index (χ0n) is 17.2. The van der Waals surface area contributed by atoms with Crippen molar-refractivity contribution in [1.29, 1.82) is 0 Å². The monoisotopic (exact) mass is 424 g/mol. The van der Waals surface area contributed by atoms with Crippen LogP contribution >= 0.6 is 0 Å². The third-order valence-electron chi connectivity index (χ3n) is 5.69. The van der Waals surface area contributed by atoms with E-state index in [0.717, 1.165) is 11.3 Å². The molecule has 0 spiro atoms. The summed E-state index contributed by atoms with van der Waals surface area (Å²) in [5, 5.41) is 4.14. The minimum absolute atomic E-state index is 0.0236. The molecule has 2 aliphatic heterocycles. The smallest absolute Gasteiger partial charge is 0.279 e. The molecule has 5 rings (SSSR count). The summed E-state index contributed by atoms with van der Waals surface area (Å²) < 4.78 is 0. The lowest BCUT2D eigenvalue weighted by Crippen LogP contribution is -2.38. The maximum absolute atomic E-state index is 13.2. The predicted octanol–water partition coefficient (Wildman–Crippen LogP) is 2.82. The molecule has 1 N–H and O–H groups in total. The average molecular weight is 424 g/mol. The van der Waals surface area contributed by atoms with Crippen molar-refractivity contribution in [3.63, 3.8) is 0 Å². The average Bonchev–Trinajstić information content (AvgIpc) is 3.30. The third kappa shape index (κ3) is 3.43. The second-order valence-corrected chi connectivity index (χ2v) is 7.63. The standard InChI is InChI=1S/C25H20N4O3/c30-23(17-8-2-1-3-9-17)27-26-22-20-12-6-7-13-21(20)29(25(22)32)15-14-28-16-18-10-4-5-11-19(18)24(28)31/h1-13H,14-16H2,(H,27,30)/b26-22-. The number of hydrogen-bond donors (Lipinski definition) is 1. The molecule has 0 unspecified atom stereocenters. The molecule has 32 heavy (non-hydrogen) atoms. The minimum atomic E-state index is -0.387. The van der Waals surface area contributed by atoms with E-state index in [9.17, 15) is 14.4 Å². The van der Waals surface area contributed by atoms with Gasteiger partial charge in [-0.3, -0.25) is 14.4 Å². The van der Waals surface area contributed by atoms with E-state index in [1.54, 1.807) is 40.1 Å². The number of amides is 3. The third-order valence-corrected chi connectivity index (χ3v) is 5.69. The van der Waals surface area contributed by atoms with Gasteiger partial charge in [0.05, 0.1) is 5.69 Å². The zero-order valence-corrected chi connectivity index (χ0v) is 17.2. The summed E-state index contributed by atoms with van der Waals surface area (Å²) in [6.07, 6.45) is 0. The van der Waals surface area contributed by atoms with E-state index in [2.05, 4.69) is 10.5 Å². The molecule has 0 bridgehead atoms. The van der Waals surface area contributed by atoms with Gasteiger partial charge in [0.1, 0.15) is 0 Å². The van der Waals surface area contributed by atoms with Crippen LogP contribution in [-0.2, 0) is 11.3 Å². The molecule has 0 aromatic heterocycles. The van der Waals surface area contributed by atoms with Crippen molar-refractivity contribution in [1.82, 2.24) is 10.3 Å². The summed E-state index contributed by atoms with van der Waals surface area (Å²) in [6, 6.07) is 23.6. The van der Waals surface area contributed by atoms with Gasteiger partial charge in [0.15, 0.2) is 5.71 Å². The lowest BCUT2D eigenvalue weighted by molar-refractivity contribution is -0.112. The molecule has 0 atom stereocenters. The largest absolute Gasteiger partial charge is 0.332 e. The first-order chi connectivity index (χ1) is 15.6. The van der Waals surface area contributed by atoms with Crippen molar-refractivity contribution in [2.45, 2.75) is 6.54 Å². The Kier molecular flexibility index (Phi) is 4.99. The van der Waals surface area contributed by atoms with Crippen molar-refractivity contribution in [2.24, 2.45) is 5.10 Å². The highest BCUT2D eigenvalue weighted by atomic mass is 16.2. The van der Waals surface area contributed by atoms with Gasteiger partial charge in [-0.25, -0.2) is 5.43 Å². The van der Waals surface area contributed by atoms with Gasteiger partial charge in [0.2, 0.25) is 0 Å². The number of fused-ring (bicyclic) bond motifs is 2. The fourth-order valence-corrected chi connectivity index (χ4v) is 4.07. The number of carbonyl (C=O) groups excluding carboxylic acids is 3. The van der Waals surface area contributed by atoms with Crippen molar-refractivity contribution in [3.8, 4) is 0 Å². The molecule has 0 saturated heterocycles. The summed E-state index contributed by atoms with van der Waals surface area (Å²) >= 11 is 0. The van der Waals surface area contributed by atoms with E-state index < -0.39 is 0 Å². The number of rotatable bonds is 5. The molecule has 2 heterocycles. The summed E-state index contributed by atoms with van der Waals surface area (Å²) in [7, 11) is 0. The van der Waals surface area contributed by atoms with Crippen LogP contribution in [0.2, 0.25) is 0 Å². The number of nitrogens with one attached hydrogen (secondary N) is 1. The Morgan fingerprint density at radius 3 is 2.28 bits per heavy atom. The van der Waals surface area contributed by atoms with E-state index in [0.29, 0.717) is 36.3 Å². The molecule has 3 aromatic rings. The number of nitrogens with zero attached hydrogens (tertiary/aromatic N) is 3. The van der Waals surface area contributed by atoms with Crippen molar-refractivity contribution >= 4 is 29.1 Å². The first-order valence-corrected chi connectivity index (χ1v) is 10.3. The molecule has 0 aliphatic carbocycles. The number of para-hydroxylation sites is 1. The molecule has 0 fully saturated rings. The molecule has 2 aliphatic rings. The highest BCUT2D eigenvalue weighted by Crippen LogP contribution is 2.29. The van der Waals surface area contributed by atoms with E-state index >= 15 is 0 Å². The highest BCUT2D eigenvalue weighted by Gasteiger charge is 2.35. The molecule has 3 aromatic carbocycles. The first-order valence-electron chi connectivity index (χ1n) is 10.3. The maximum Gasteiger partial charge on any atom is 0.279 e. The van der Waals surface area contributed by atoms with Gasteiger partial charge in [-0.15, -0.1) is 0 Å². The molecule has 0 radical (unpaired) electrons. The van der Waals surface area contributed by atoms with Crippen LogP contribution in [-0.4, -0.2) is 41.4 Å². The molecule has 158 valence electrons. The Morgan fingerprint density at radius 2 is 1.50 bits per heavy atom. The molecular formula is C25H20N4O3. The summed E-state index contributed by atoms with van der Waals surface area (Å²) in [6.45, 7) is 1.27. The van der Waals surface area contributed by atoms with Gasteiger partial charge in [-0.2, -0.15) is 5.10 Å². The fraction of sp³-hybridized carbons (Fsp3) is 0.120. The van der Waals surface area contributed by atoms with Crippen LogP contribution < -0.4 is 10.3 Å². The second kappa shape index (κ2) is 8.11. The Bertz CT molecular complexity index is 1250. The van der Waals surface area contributed by atoms with Crippen LogP contribution in [0.25, 0.3) is 0 Å². The van der Waals surface area contributed by atoms with E-state index in [1.807, 2.05) is 48.5 Å². The van der Waals surface area contributed by atoms with Gasteiger partial charge in [-0.1, -0.05) is 54.6 Å². The van der Waals surface area contributed by atoms with Gasteiger partial charge in [0.25, 0.3) is 17.7 Å². The number of benzene rings is 3. The van der Waals surface area contributed by atoms with E-state index in [4.69, 9.17) is 0 Å². The van der Waals surface area contributed by atoms with Gasteiger partial charge in [-0.05, 0) is 29.8 Å². The predicted molar refractivity (Wildman–Crippen MR) is 120 cm³/mol. The fourth-order valence-electron chi connectivity index (χ4n) is 4.07. The summed E-state index contributed by atoms with van der Waals surface area (Å²) in [5.74, 6) is -0.712. The SMILES string of the molecule is O=C(N/N=C1\C(=O)N(CCN2Cc3ccccc3C2=O)c2ccccc21)c1ccccc1. The van der Waals surface area contributed by atoms with Crippen molar-refractivity contribution in [3.05, 3.63) is 101 Å². The number of hydrazone groups is 1. The maximum atomic E-state index is 13.2.